The van der Waals surface area contributed by atoms with Crippen LogP contribution in [0.3, 0.4) is 0 Å². The summed E-state index contributed by atoms with van der Waals surface area (Å²) in [5, 5.41) is 6.43. The molecule has 106 valence electrons. The van der Waals surface area contributed by atoms with Crippen molar-refractivity contribution in [1.29, 1.82) is 0 Å². The van der Waals surface area contributed by atoms with Gasteiger partial charge < -0.3 is 15.4 Å². The van der Waals surface area contributed by atoms with E-state index in [2.05, 4.69) is 20.6 Å². The van der Waals surface area contributed by atoms with Crippen molar-refractivity contribution >= 4 is 11.8 Å². The Hall–Kier alpha value is -2.30. The van der Waals surface area contributed by atoms with Gasteiger partial charge in [-0.15, -0.1) is 0 Å². The first-order chi connectivity index (χ1) is 9.71. The summed E-state index contributed by atoms with van der Waals surface area (Å²) < 4.78 is 5.14. The minimum absolute atomic E-state index is 0.657. The Morgan fingerprint density at radius 3 is 2.50 bits per heavy atom. The summed E-state index contributed by atoms with van der Waals surface area (Å²) in [6.45, 7) is 5.50. The van der Waals surface area contributed by atoms with Crippen molar-refractivity contribution in [3.8, 4) is 5.75 Å². The minimum atomic E-state index is 0.657. The molecule has 0 saturated carbocycles. The average Bonchev–Trinajstić information content (AvgIpc) is 2.45. The molecule has 0 amide bonds. The van der Waals surface area contributed by atoms with E-state index in [0.29, 0.717) is 12.5 Å². The van der Waals surface area contributed by atoms with Crippen molar-refractivity contribution in [1.82, 2.24) is 9.97 Å². The summed E-state index contributed by atoms with van der Waals surface area (Å²) >= 11 is 0. The van der Waals surface area contributed by atoms with Crippen molar-refractivity contribution in [3.05, 3.63) is 41.6 Å². The Morgan fingerprint density at radius 2 is 1.85 bits per heavy atom. The number of methoxy groups -OCH3 is 1. The van der Waals surface area contributed by atoms with Crippen LogP contribution in [0.25, 0.3) is 0 Å². The minimum Gasteiger partial charge on any atom is -0.497 e. The SMILES string of the molecule is CCNc1nc(C)cc(NCc2ccc(OC)cc2)n1. The highest BCUT2D eigenvalue weighted by molar-refractivity contribution is 5.43. The summed E-state index contributed by atoms with van der Waals surface area (Å²) in [5.41, 5.74) is 2.11. The van der Waals surface area contributed by atoms with Gasteiger partial charge in [0.1, 0.15) is 11.6 Å². The van der Waals surface area contributed by atoms with Gasteiger partial charge in [0.15, 0.2) is 0 Å². The summed E-state index contributed by atoms with van der Waals surface area (Å²) in [6.07, 6.45) is 0. The fourth-order valence-electron chi connectivity index (χ4n) is 1.83. The van der Waals surface area contributed by atoms with Gasteiger partial charge in [-0.25, -0.2) is 4.98 Å². The maximum atomic E-state index is 5.14. The van der Waals surface area contributed by atoms with Gasteiger partial charge in [-0.1, -0.05) is 12.1 Å². The molecule has 1 heterocycles. The molecule has 0 aliphatic carbocycles. The highest BCUT2D eigenvalue weighted by atomic mass is 16.5. The zero-order valence-corrected chi connectivity index (χ0v) is 12.1. The summed E-state index contributed by atoms with van der Waals surface area (Å²) in [6, 6.07) is 9.90. The number of anilines is 2. The normalized spacial score (nSPS) is 10.2. The van der Waals surface area contributed by atoms with Crippen LogP contribution in [0, 0.1) is 6.92 Å². The number of hydrogen-bond donors (Lipinski definition) is 2. The first-order valence-electron chi connectivity index (χ1n) is 6.67. The predicted molar refractivity (Wildman–Crippen MR) is 81.3 cm³/mol. The van der Waals surface area contributed by atoms with Gasteiger partial charge in [0.2, 0.25) is 5.95 Å². The van der Waals surface area contributed by atoms with E-state index in [1.807, 2.05) is 44.2 Å². The number of nitrogens with one attached hydrogen (secondary N) is 2. The lowest BCUT2D eigenvalue weighted by molar-refractivity contribution is 0.414. The largest absolute Gasteiger partial charge is 0.497 e. The first-order valence-corrected chi connectivity index (χ1v) is 6.67. The van der Waals surface area contributed by atoms with Gasteiger partial charge in [-0.3, -0.25) is 0 Å². The number of aryl methyl sites for hydroxylation is 1. The van der Waals surface area contributed by atoms with Crippen LogP contribution in [-0.4, -0.2) is 23.6 Å². The smallest absolute Gasteiger partial charge is 0.224 e. The molecule has 0 fully saturated rings. The Balaban J connectivity index is 2.02. The summed E-state index contributed by atoms with van der Waals surface area (Å²) in [4.78, 5) is 8.74. The number of aromatic nitrogens is 2. The Morgan fingerprint density at radius 1 is 1.10 bits per heavy atom. The third-order valence-electron chi connectivity index (χ3n) is 2.82. The molecule has 5 nitrogen and oxygen atoms in total. The number of rotatable bonds is 6. The van der Waals surface area contributed by atoms with Crippen molar-refractivity contribution in [2.45, 2.75) is 20.4 Å². The summed E-state index contributed by atoms with van der Waals surface area (Å²) in [5.74, 6) is 2.34. The van der Waals surface area contributed by atoms with E-state index in [9.17, 15) is 0 Å². The van der Waals surface area contributed by atoms with Crippen LogP contribution < -0.4 is 15.4 Å². The quantitative estimate of drug-likeness (QED) is 0.846. The van der Waals surface area contributed by atoms with Crippen LogP contribution >= 0.6 is 0 Å². The van der Waals surface area contributed by atoms with Gasteiger partial charge in [0, 0.05) is 24.8 Å². The third kappa shape index (κ3) is 3.85. The van der Waals surface area contributed by atoms with Crippen molar-refractivity contribution in [2.75, 3.05) is 24.3 Å². The van der Waals surface area contributed by atoms with E-state index >= 15 is 0 Å². The Labute approximate surface area is 119 Å². The van der Waals surface area contributed by atoms with E-state index in [1.165, 1.54) is 5.56 Å². The second-order valence-corrected chi connectivity index (χ2v) is 4.45. The van der Waals surface area contributed by atoms with E-state index in [4.69, 9.17) is 4.74 Å². The Bertz CT molecular complexity index is 554. The van der Waals surface area contributed by atoms with Crippen LogP contribution in [0.4, 0.5) is 11.8 Å². The maximum absolute atomic E-state index is 5.14. The molecule has 2 aromatic rings. The second kappa shape index (κ2) is 6.75. The molecular formula is C15H20N4O. The molecule has 2 rings (SSSR count). The Kier molecular flexibility index (Phi) is 4.76. The van der Waals surface area contributed by atoms with E-state index in [0.717, 1.165) is 23.8 Å². The average molecular weight is 272 g/mol. The molecule has 5 heteroatoms. The third-order valence-corrected chi connectivity index (χ3v) is 2.82. The van der Waals surface area contributed by atoms with E-state index < -0.39 is 0 Å². The molecule has 1 aromatic carbocycles. The predicted octanol–water partition coefficient (Wildman–Crippen LogP) is 2.84. The molecule has 0 saturated heterocycles. The first kappa shape index (κ1) is 14.1. The zero-order valence-electron chi connectivity index (χ0n) is 12.1. The van der Waals surface area contributed by atoms with Gasteiger partial charge in [0.05, 0.1) is 7.11 Å². The molecule has 2 N–H and O–H groups in total. The fourth-order valence-corrected chi connectivity index (χ4v) is 1.83. The van der Waals surface area contributed by atoms with Crippen LogP contribution in [0.5, 0.6) is 5.75 Å². The molecule has 0 spiro atoms. The molecule has 0 atom stereocenters. The molecule has 1 aromatic heterocycles. The van der Waals surface area contributed by atoms with Crippen molar-refractivity contribution in [2.24, 2.45) is 0 Å². The van der Waals surface area contributed by atoms with E-state index in [1.54, 1.807) is 7.11 Å². The number of benzene rings is 1. The summed E-state index contributed by atoms with van der Waals surface area (Å²) in [7, 11) is 1.67. The molecule has 0 radical (unpaired) electrons. The van der Waals surface area contributed by atoms with Crippen LogP contribution in [-0.2, 0) is 6.54 Å². The molecule has 0 bridgehead atoms. The maximum Gasteiger partial charge on any atom is 0.224 e. The van der Waals surface area contributed by atoms with Crippen molar-refractivity contribution in [3.63, 3.8) is 0 Å². The number of hydrogen-bond acceptors (Lipinski definition) is 5. The lowest BCUT2D eigenvalue weighted by Gasteiger charge is -2.09. The lowest BCUT2D eigenvalue weighted by atomic mass is 10.2. The molecule has 0 aliphatic heterocycles. The standard InChI is InChI=1S/C15H20N4O/c1-4-16-15-18-11(2)9-14(19-15)17-10-12-5-7-13(20-3)8-6-12/h5-9H,4,10H2,1-3H3,(H2,16,17,18,19). The molecular weight excluding hydrogens is 252 g/mol. The number of ether oxygens (including phenoxy) is 1. The van der Waals surface area contributed by atoms with Crippen LogP contribution in [0.15, 0.2) is 30.3 Å². The number of nitrogens with zero attached hydrogens (tertiary/aromatic N) is 2. The lowest BCUT2D eigenvalue weighted by Crippen LogP contribution is -2.07. The van der Waals surface area contributed by atoms with Gasteiger partial charge >= 0.3 is 0 Å². The highest BCUT2D eigenvalue weighted by Gasteiger charge is 2.01. The fraction of sp³-hybridized carbons (Fsp3) is 0.333. The van der Waals surface area contributed by atoms with Gasteiger partial charge in [0.25, 0.3) is 0 Å². The zero-order chi connectivity index (χ0) is 14.4. The monoisotopic (exact) mass is 272 g/mol. The van der Waals surface area contributed by atoms with E-state index in [-0.39, 0.29) is 0 Å². The van der Waals surface area contributed by atoms with Crippen LogP contribution in [0.2, 0.25) is 0 Å². The van der Waals surface area contributed by atoms with Gasteiger partial charge in [-0.05, 0) is 31.5 Å². The topological polar surface area (TPSA) is 59.1 Å². The highest BCUT2D eigenvalue weighted by Crippen LogP contribution is 2.14. The van der Waals surface area contributed by atoms with Gasteiger partial charge in [-0.2, -0.15) is 4.98 Å². The molecule has 0 unspecified atom stereocenters. The molecule has 20 heavy (non-hydrogen) atoms. The van der Waals surface area contributed by atoms with Crippen LogP contribution in [0.1, 0.15) is 18.2 Å². The van der Waals surface area contributed by atoms with Crippen molar-refractivity contribution < 1.29 is 4.74 Å². The molecule has 0 aliphatic rings. The second-order valence-electron chi connectivity index (χ2n) is 4.45.